The van der Waals surface area contributed by atoms with Gasteiger partial charge < -0.3 is 24.5 Å². The van der Waals surface area contributed by atoms with Crippen LogP contribution in [0.5, 0.6) is 17.2 Å². The van der Waals surface area contributed by atoms with Crippen LogP contribution in [-0.2, 0) is 5.54 Å². The number of fused-ring (bicyclic) bond motifs is 2. The Bertz CT molecular complexity index is 1500. The molecule has 4 aromatic rings. The van der Waals surface area contributed by atoms with Crippen molar-refractivity contribution in [1.82, 2.24) is 30.1 Å². The summed E-state index contributed by atoms with van der Waals surface area (Å²) in [4.78, 5) is 21.1. The highest BCUT2D eigenvalue weighted by atomic mass is 16.7. The Morgan fingerprint density at radius 1 is 1.00 bits per heavy atom. The maximum Gasteiger partial charge on any atom is 0.253 e. The Labute approximate surface area is 213 Å². The number of aromatic hydroxyl groups is 1. The zero-order chi connectivity index (χ0) is 25.7. The van der Waals surface area contributed by atoms with Gasteiger partial charge in [-0.15, -0.1) is 5.10 Å². The van der Waals surface area contributed by atoms with Gasteiger partial charge >= 0.3 is 0 Å². The molecule has 192 valence electrons. The second-order valence-corrected chi connectivity index (χ2v) is 10.4. The molecule has 2 aliphatic heterocycles. The number of hydrogen-bond acceptors (Lipinski definition) is 9. The Balaban J connectivity index is 1.40. The quantitative estimate of drug-likeness (QED) is 0.433. The lowest BCUT2D eigenvalue weighted by Gasteiger charge is -2.40. The minimum atomic E-state index is -0.449. The molecule has 0 unspecified atom stereocenters. The summed E-state index contributed by atoms with van der Waals surface area (Å²) in [5, 5.41) is 23.2. The van der Waals surface area contributed by atoms with Crippen LogP contribution in [0.3, 0.4) is 0 Å². The molecule has 0 radical (unpaired) electrons. The van der Waals surface area contributed by atoms with Crippen molar-refractivity contribution in [2.75, 3.05) is 37.9 Å². The zero-order valence-corrected chi connectivity index (χ0v) is 21.0. The normalized spacial score (nSPS) is 16.9. The topological polar surface area (TPSA) is 122 Å². The van der Waals surface area contributed by atoms with Crippen molar-refractivity contribution < 1.29 is 14.6 Å². The van der Waals surface area contributed by atoms with Crippen LogP contribution in [0.25, 0.3) is 10.9 Å². The number of hydrogen-bond donors (Lipinski definition) is 2. The van der Waals surface area contributed by atoms with Crippen LogP contribution in [0.15, 0.2) is 47.3 Å². The van der Waals surface area contributed by atoms with E-state index >= 15 is 0 Å². The lowest BCUT2D eigenvalue weighted by molar-refractivity contribution is 0.174. The predicted octanol–water partition coefficient (Wildman–Crippen LogP) is 2.62. The predicted molar refractivity (Wildman–Crippen MR) is 137 cm³/mol. The number of benzene rings is 2. The minimum Gasteiger partial charge on any atom is -0.508 e. The van der Waals surface area contributed by atoms with E-state index < -0.39 is 6.04 Å². The van der Waals surface area contributed by atoms with Gasteiger partial charge in [0.05, 0.1) is 11.1 Å². The maximum absolute atomic E-state index is 13.5. The Morgan fingerprint density at radius 3 is 2.41 bits per heavy atom. The van der Waals surface area contributed by atoms with Crippen molar-refractivity contribution in [1.29, 1.82) is 0 Å². The summed E-state index contributed by atoms with van der Waals surface area (Å²) in [7, 11) is 0. The van der Waals surface area contributed by atoms with Gasteiger partial charge in [0.25, 0.3) is 5.56 Å². The fourth-order valence-electron chi connectivity index (χ4n) is 5.06. The number of H-pyrrole nitrogens is 1. The van der Waals surface area contributed by atoms with Gasteiger partial charge in [-0.3, -0.25) is 9.69 Å². The highest BCUT2D eigenvalue weighted by Crippen LogP contribution is 2.37. The van der Waals surface area contributed by atoms with Crippen LogP contribution in [0.4, 0.5) is 5.69 Å². The SMILES string of the molecule is CC(C)(C)n1nnnc1[C@@H](c1cc2cc3c(cc2[nH]c1=O)OCO3)N1CCN(c2ccc(O)cc2)CC1. The first-order chi connectivity index (χ1) is 17.8. The summed E-state index contributed by atoms with van der Waals surface area (Å²) in [5.74, 6) is 2.14. The van der Waals surface area contributed by atoms with E-state index in [-0.39, 0.29) is 23.6 Å². The van der Waals surface area contributed by atoms with Crippen LogP contribution in [0.2, 0.25) is 0 Å². The molecular formula is C26H29N7O4. The fraction of sp³-hybridized carbons (Fsp3) is 0.385. The monoisotopic (exact) mass is 503 g/mol. The molecule has 0 bridgehead atoms. The van der Waals surface area contributed by atoms with Gasteiger partial charge in [-0.25, -0.2) is 4.68 Å². The summed E-state index contributed by atoms with van der Waals surface area (Å²) >= 11 is 0. The molecule has 0 aliphatic carbocycles. The number of anilines is 1. The number of piperazine rings is 1. The van der Waals surface area contributed by atoms with E-state index in [0.717, 1.165) is 24.2 Å². The first-order valence-electron chi connectivity index (χ1n) is 12.3. The van der Waals surface area contributed by atoms with E-state index in [1.54, 1.807) is 22.9 Å². The standard InChI is InChI=1S/C26H29N7O4/c1-26(2,3)33-24(28-29-30-33)23(32-10-8-31(9-11-32)17-4-6-18(34)7-5-17)19-12-16-13-21-22(37-15-36-21)14-20(16)27-25(19)35/h4-7,12-14,23,34H,8-11,15H2,1-3H3,(H,27,35)/t23-/m1/s1. The van der Waals surface area contributed by atoms with E-state index in [1.807, 2.05) is 45.0 Å². The number of ether oxygens (including phenoxy) is 2. The van der Waals surface area contributed by atoms with E-state index in [9.17, 15) is 9.90 Å². The van der Waals surface area contributed by atoms with Gasteiger partial charge in [0, 0.05) is 48.9 Å². The smallest absolute Gasteiger partial charge is 0.253 e. The lowest BCUT2D eigenvalue weighted by atomic mass is 10.0. The number of phenolic OH excluding ortho intramolecular Hbond substituents is 1. The van der Waals surface area contributed by atoms with E-state index in [0.29, 0.717) is 41.5 Å². The molecule has 2 aromatic carbocycles. The van der Waals surface area contributed by atoms with E-state index in [4.69, 9.17) is 9.47 Å². The molecule has 6 rings (SSSR count). The van der Waals surface area contributed by atoms with Crippen LogP contribution in [-0.4, -0.2) is 68.2 Å². The summed E-state index contributed by atoms with van der Waals surface area (Å²) in [6, 6.07) is 12.4. The number of nitrogens with one attached hydrogen (secondary N) is 1. The Morgan fingerprint density at radius 2 is 1.70 bits per heavy atom. The van der Waals surface area contributed by atoms with Crippen LogP contribution in [0.1, 0.15) is 38.2 Å². The van der Waals surface area contributed by atoms with Gasteiger partial charge in [0.2, 0.25) is 6.79 Å². The molecule has 1 atom stereocenters. The van der Waals surface area contributed by atoms with Gasteiger partial charge in [-0.1, -0.05) is 0 Å². The molecule has 0 spiro atoms. The third-order valence-corrected chi connectivity index (χ3v) is 6.93. The molecule has 11 nitrogen and oxygen atoms in total. The third kappa shape index (κ3) is 4.25. The van der Waals surface area contributed by atoms with E-state index in [1.165, 1.54) is 0 Å². The number of pyridine rings is 1. The lowest BCUT2D eigenvalue weighted by Crippen LogP contribution is -2.49. The van der Waals surface area contributed by atoms with Gasteiger partial charge in [0.1, 0.15) is 11.8 Å². The van der Waals surface area contributed by atoms with Crippen molar-refractivity contribution in [3.05, 3.63) is 64.2 Å². The minimum absolute atomic E-state index is 0.164. The molecule has 0 amide bonds. The number of rotatable bonds is 4. The summed E-state index contributed by atoms with van der Waals surface area (Å²) in [5.41, 5.74) is 1.74. The van der Waals surface area contributed by atoms with Crippen molar-refractivity contribution in [2.24, 2.45) is 0 Å². The van der Waals surface area contributed by atoms with Crippen LogP contribution < -0.4 is 19.9 Å². The Kier molecular flexibility index (Phi) is 5.52. The highest BCUT2D eigenvalue weighted by molar-refractivity contribution is 5.83. The maximum atomic E-state index is 13.5. The molecule has 2 aliphatic rings. The average Bonchev–Trinajstić information content (AvgIpc) is 3.54. The first-order valence-corrected chi connectivity index (χ1v) is 12.3. The number of nitrogens with zero attached hydrogens (tertiary/aromatic N) is 6. The molecule has 11 heteroatoms. The van der Waals surface area contributed by atoms with Crippen LogP contribution in [0, 0.1) is 0 Å². The second-order valence-electron chi connectivity index (χ2n) is 10.4. The molecule has 0 saturated carbocycles. The summed E-state index contributed by atoms with van der Waals surface area (Å²) in [6.45, 7) is 9.18. The average molecular weight is 504 g/mol. The molecular weight excluding hydrogens is 474 g/mol. The van der Waals surface area contributed by atoms with Crippen molar-refractivity contribution in [3.8, 4) is 17.2 Å². The number of aromatic nitrogens is 5. The largest absolute Gasteiger partial charge is 0.508 e. The van der Waals surface area contributed by atoms with Crippen molar-refractivity contribution in [3.63, 3.8) is 0 Å². The number of phenols is 1. The fourth-order valence-corrected chi connectivity index (χ4v) is 5.06. The first kappa shape index (κ1) is 23.3. The zero-order valence-electron chi connectivity index (χ0n) is 21.0. The summed E-state index contributed by atoms with van der Waals surface area (Å²) < 4.78 is 12.9. The van der Waals surface area contributed by atoms with E-state index in [2.05, 4.69) is 30.3 Å². The molecule has 2 N–H and O–H groups in total. The highest BCUT2D eigenvalue weighted by Gasteiger charge is 2.35. The third-order valence-electron chi connectivity index (χ3n) is 6.93. The van der Waals surface area contributed by atoms with Gasteiger partial charge in [-0.2, -0.15) is 0 Å². The van der Waals surface area contributed by atoms with Gasteiger partial charge in [0.15, 0.2) is 17.3 Å². The second kappa shape index (κ2) is 8.77. The molecule has 1 fully saturated rings. The number of aromatic amines is 1. The molecule has 1 saturated heterocycles. The molecule has 4 heterocycles. The summed E-state index contributed by atoms with van der Waals surface area (Å²) in [6.07, 6.45) is 0. The van der Waals surface area contributed by atoms with Crippen molar-refractivity contribution in [2.45, 2.75) is 32.4 Å². The molecule has 37 heavy (non-hydrogen) atoms. The van der Waals surface area contributed by atoms with Crippen LogP contribution >= 0.6 is 0 Å². The Hall–Kier alpha value is -4.12. The number of tetrazole rings is 1. The van der Waals surface area contributed by atoms with Gasteiger partial charge in [-0.05, 0) is 67.6 Å². The van der Waals surface area contributed by atoms with Crippen molar-refractivity contribution >= 4 is 16.6 Å². The molecule has 2 aromatic heterocycles.